The summed E-state index contributed by atoms with van der Waals surface area (Å²) >= 11 is 0. The maximum Gasteiger partial charge on any atom is -0.0527 e. The zero-order chi connectivity index (χ0) is 19.8. The second-order valence-electron chi connectivity index (χ2n) is 6.67. The first kappa shape index (κ1) is 19.7. The zero-order valence-electron chi connectivity index (χ0n) is 16.2. The summed E-state index contributed by atoms with van der Waals surface area (Å²) in [6.07, 6.45) is 2.04. The number of aryl methyl sites for hydroxylation is 2. The van der Waals surface area contributed by atoms with Gasteiger partial charge in [-0.15, -0.1) is 0 Å². The van der Waals surface area contributed by atoms with Gasteiger partial charge in [-0.2, -0.15) is 0 Å². The predicted octanol–water partition coefficient (Wildman–Crippen LogP) is 4.28. The van der Waals surface area contributed by atoms with Crippen LogP contribution in [0.1, 0.15) is 27.9 Å². The first-order valence-electron chi connectivity index (χ1n) is 9.31. The van der Waals surface area contributed by atoms with E-state index in [4.69, 9.17) is 13.9 Å². The Bertz CT molecular complexity index is 922. The van der Waals surface area contributed by atoms with E-state index in [-0.39, 0.29) is 6.61 Å². The maximum atomic E-state index is 11.9. The molecular formula is C22H24BNO4. The van der Waals surface area contributed by atoms with Crippen molar-refractivity contribution >= 4 is 13.0 Å². The van der Waals surface area contributed by atoms with Crippen LogP contribution in [0.5, 0.6) is 5.75 Å². The van der Waals surface area contributed by atoms with Crippen molar-refractivity contribution in [2.24, 2.45) is 0 Å². The van der Waals surface area contributed by atoms with Crippen molar-refractivity contribution in [1.29, 1.82) is 0 Å². The number of hydrogen-bond donors (Lipinski definition) is 1. The standard InChI is InChI=1S/C22H24BNO4/c1-16-5-3-7-19(11-16)14-27-22(25)24-13-18-6-4-8-20(12-18)26-10-9-21-17(2)28-15-23-21/h3-8,11-12,15H,9-10,13-14H2,1-2H3,(H,24,25). The zero-order valence-corrected chi connectivity index (χ0v) is 16.2. The normalized spacial score (nSPS) is 10.4. The molecule has 1 amide bonds. The van der Waals surface area contributed by atoms with Gasteiger partial charge in [-0.1, -0.05) is 29.8 Å². The van der Waals surface area contributed by atoms with E-state index in [9.17, 15) is 4.79 Å². The molecule has 1 N–H and O–H groups in total. The molecule has 0 saturated heterocycles. The third-order valence-corrected chi connectivity index (χ3v) is 4.39. The minimum absolute atomic E-state index is 0.254. The Morgan fingerprint density at radius 2 is 1.93 bits per heavy atom. The second kappa shape index (κ2) is 9.79. The third kappa shape index (κ3) is 6.01. The molecule has 0 bridgehead atoms. The van der Waals surface area contributed by atoms with E-state index in [0.717, 1.165) is 40.1 Å². The van der Waals surface area contributed by atoms with Crippen molar-refractivity contribution < 1.29 is 18.7 Å². The monoisotopic (exact) mass is 377 g/mol. The molecule has 0 fully saturated rings. The number of rotatable bonds is 8. The van der Waals surface area contributed by atoms with Gasteiger partial charge in [-0.05, 0) is 12.5 Å². The van der Waals surface area contributed by atoms with Gasteiger partial charge in [0.1, 0.15) is 0 Å². The van der Waals surface area contributed by atoms with Crippen LogP contribution in [0.4, 0.5) is 4.79 Å². The summed E-state index contributed by atoms with van der Waals surface area (Å²) in [6.45, 7) is 7.11. The summed E-state index contributed by atoms with van der Waals surface area (Å²) in [5, 5.41) is 2.77. The van der Waals surface area contributed by atoms with Crippen LogP contribution >= 0.6 is 0 Å². The van der Waals surface area contributed by atoms with Gasteiger partial charge in [0.25, 0.3) is 0 Å². The van der Waals surface area contributed by atoms with Gasteiger partial charge in [0.15, 0.2) is 0 Å². The number of carbonyl (C=O) groups excluding carboxylic acids is 1. The summed E-state index contributed by atoms with van der Waals surface area (Å²) in [7, 11) is 0. The molecule has 144 valence electrons. The number of ether oxygens (including phenoxy) is 2. The number of hydrogen-bond acceptors (Lipinski definition) is 4. The Hall–Kier alpha value is -3.02. The Kier molecular flexibility index (Phi) is 6.90. The van der Waals surface area contributed by atoms with E-state index in [1.807, 2.05) is 69.3 Å². The molecule has 3 aromatic rings. The first-order chi connectivity index (χ1) is 13.6. The molecule has 0 aliphatic carbocycles. The molecule has 1 aromatic heterocycles. The molecular weight excluding hydrogens is 353 g/mol. The van der Waals surface area contributed by atoms with E-state index in [1.165, 1.54) is 0 Å². The molecule has 5 nitrogen and oxygen atoms in total. The Morgan fingerprint density at radius 3 is 2.71 bits per heavy atom. The number of amides is 1. The van der Waals surface area contributed by atoms with Crippen LogP contribution in [0.3, 0.4) is 0 Å². The van der Waals surface area contributed by atoms with E-state index in [2.05, 4.69) is 5.32 Å². The van der Waals surface area contributed by atoms with Crippen LogP contribution in [0, 0.1) is 13.8 Å². The molecule has 28 heavy (non-hydrogen) atoms. The Morgan fingerprint density at radius 1 is 1.11 bits per heavy atom. The van der Waals surface area contributed by atoms with Gasteiger partial charge in [0.2, 0.25) is 0 Å². The molecule has 0 aliphatic heterocycles. The molecule has 6 heteroatoms. The van der Waals surface area contributed by atoms with E-state index < -0.39 is 6.09 Å². The average molecular weight is 377 g/mol. The fourth-order valence-electron chi connectivity index (χ4n) is 2.87. The molecule has 2 aromatic carbocycles. The fraction of sp³-hybridized carbons (Fsp3) is 0.273. The van der Waals surface area contributed by atoms with Gasteiger partial charge in [-0.3, -0.25) is 0 Å². The minimum atomic E-state index is -0.441. The van der Waals surface area contributed by atoms with Gasteiger partial charge in [0.05, 0.1) is 0 Å². The molecule has 0 radical (unpaired) electrons. The Labute approximate surface area is 165 Å². The van der Waals surface area contributed by atoms with Crippen molar-refractivity contribution in [2.45, 2.75) is 33.4 Å². The SMILES string of the molecule is Cc1cccc(COC(=O)NCc2cccc(OCCc3bcoc3C)c2)c1. The van der Waals surface area contributed by atoms with Crippen LogP contribution in [0.25, 0.3) is 0 Å². The molecule has 0 spiro atoms. The van der Waals surface area contributed by atoms with Gasteiger partial charge in [-0.25, -0.2) is 0 Å². The van der Waals surface area contributed by atoms with Crippen molar-refractivity contribution in [3.8, 4) is 5.75 Å². The Balaban J connectivity index is 1.42. The van der Waals surface area contributed by atoms with Crippen LogP contribution in [0.15, 0.2) is 59.1 Å². The average Bonchev–Trinajstić information content (AvgIpc) is 3.10. The fourth-order valence-corrected chi connectivity index (χ4v) is 2.87. The molecule has 0 atom stereocenters. The van der Waals surface area contributed by atoms with Crippen molar-refractivity contribution in [1.82, 2.24) is 5.32 Å². The summed E-state index contributed by atoms with van der Waals surface area (Å²) in [4.78, 5) is 11.9. The van der Waals surface area contributed by atoms with Gasteiger partial charge < -0.3 is 0 Å². The van der Waals surface area contributed by atoms with Crippen molar-refractivity contribution in [3.63, 3.8) is 0 Å². The van der Waals surface area contributed by atoms with Crippen LogP contribution in [-0.2, 0) is 24.3 Å². The molecule has 1 heterocycles. The maximum absolute atomic E-state index is 11.9. The van der Waals surface area contributed by atoms with Crippen molar-refractivity contribution in [2.75, 3.05) is 6.61 Å². The quantitative estimate of drug-likeness (QED) is 0.637. The van der Waals surface area contributed by atoms with Gasteiger partial charge in [0, 0.05) is 0 Å². The minimum Gasteiger partial charge on any atom is -0.0527 e. The summed E-state index contributed by atoms with van der Waals surface area (Å²) in [6, 6.07) is 15.6. The summed E-state index contributed by atoms with van der Waals surface area (Å²) in [5.41, 5.74) is 4.21. The van der Waals surface area contributed by atoms with Crippen LogP contribution < -0.4 is 10.1 Å². The van der Waals surface area contributed by atoms with Crippen LogP contribution in [-0.4, -0.2) is 19.6 Å². The van der Waals surface area contributed by atoms with Crippen molar-refractivity contribution in [3.05, 3.63) is 82.6 Å². The largest absolute Gasteiger partial charge is 0.0527 e. The second-order valence-corrected chi connectivity index (χ2v) is 6.67. The number of carbonyl (C=O) groups is 1. The number of nitrogens with one attached hydrogen (secondary N) is 1. The molecule has 0 unspecified atom stereocenters. The predicted molar refractivity (Wildman–Crippen MR) is 109 cm³/mol. The van der Waals surface area contributed by atoms with Crippen LogP contribution in [0.2, 0.25) is 0 Å². The molecule has 3 rings (SSSR count). The smallest absolute Gasteiger partial charge is 0.0527 e. The molecule has 0 saturated carbocycles. The first-order valence-corrected chi connectivity index (χ1v) is 9.31. The number of alkyl carbamates (subject to hydrolysis) is 1. The van der Waals surface area contributed by atoms with E-state index in [0.29, 0.717) is 13.2 Å². The summed E-state index contributed by atoms with van der Waals surface area (Å²) in [5.74, 6) is 1.69. The third-order valence-electron chi connectivity index (χ3n) is 4.39. The van der Waals surface area contributed by atoms with Gasteiger partial charge >= 0.3 is 123 Å². The van der Waals surface area contributed by atoms with E-state index in [1.54, 1.807) is 6.16 Å². The van der Waals surface area contributed by atoms with E-state index >= 15 is 0 Å². The topological polar surface area (TPSA) is 60.7 Å². The number of benzene rings is 2. The summed E-state index contributed by atoms with van der Waals surface area (Å²) < 4.78 is 16.4. The molecule has 0 aliphatic rings.